The first kappa shape index (κ1) is 17.6. The molecule has 3 aromatic rings. The van der Waals surface area contributed by atoms with E-state index >= 15 is 0 Å². The van der Waals surface area contributed by atoms with Crippen LogP contribution in [-0.4, -0.2) is 42.9 Å². The molecule has 0 bridgehead atoms. The van der Waals surface area contributed by atoms with Crippen molar-refractivity contribution < 1.29 is 0 Å². The molecule has 7 heteroatoms. The average Bonchev–Trinajstić information content (AvgIpc) is 3.14. The largest absolute Gasteiger partial charge is 0.347 e. The van der Waals surface area contributed by atoms with Crippen molar-refractivity contribution in [2.45, 2.75) is 39.2 Å². The van der Waals surface area contributed by atoms with Crippen molar-refractivity contribution in [3.63, 3.8) is 0 Å². The molecule has 0 aliphatic carbocycles. The molecule has 27 heavy (non-hydrogen) atoms. The number of aromatic nitrogens is 5. The number of likely N-dealkylation sites (tertiary alicyclic amines) is 1. The van der Waals surface area contributed by atoms with E-state index in [-0.39, 0.29) is 0 Å². The third-order valence-corrected chi connectivity index (χ3v) is 4.93. The first-order valence-electron chi connectivity index (χ1n) is 9.40. The van der Waals surface area contributed by atoms with Crippen LogP contribution < -0.4 is 5.32 Å². The van der Waals surface area contributed by atoms with Crippen LogP contribution >= 0.6 is 0 Å². The third kappa shape index (κ3) is 4.49. The fourth-order valence-corrected chi connectivity index (χ4v) is 3.75. The lowest BCUT2D eigenvalue weighted by Crippen LogP contribution is -2.34. The second-order valence-corrected chi connectivity index (χ2v) is 7.22. The molecule has 0 aromatic carbocycles. The summed E-state index contributed by atoms with van der Waals surface area (Å²) >= 11 is 0. The monoisotopic (exact) mass is 363 g/mol. The van der Waals surface area contributed by atoms with Gasteiger partial charge in [0.15, 0.2) is 0 Å². The van der Waals surface area contributed by atoms with Gasteiger partial charge in [0.2, 0.25) is 5.95 Å². The number of imidazole rings is 1. The molecule has 1 aliphatic rings. The van der Waals surface area contributed by atoms with Crippen molar-refractivity contribution in [2.75, 3.05) is 18.4 Å². The van der Waals surface area contributed by atoms with E-state index in [0.29, 0.717) is 11.9 Å². The lowest BCUT2D eigenvalue weighted by Gasteiger charge is -2.32. The van der Waals surface area contributed by atoms with E-state index < -0.39 is 0 Å². The van der Waals surface area contributed by atoms with Crippen molar-refractivity contribution in [3.8, 4) is 0 Å². The number of pyridine rings is 1. The van der Waals surface area contributed by atoms with Gasteiger partial charge < -0.3 is 10.3 Å². The zero-order valence-corrected chi connectivity index (χ0v) is 15.8. The fourth-order valence-electron chi connectivity index (χ4n) is 3.75. The van der Waals surface area contributed by atoms with Gasteiger partial charge in [0.05, 0.1) is 6.33 Å². The van der Waals surface area contributed by atoms with Gasteiger partial charge >= 0.3 is 0 Å². The molecule has 1 atom stereocenters. The van der Waals surface area contributed by atoms with Crippen LogP contribution in [0, 0.1) is 13.8 Å². The summed E-state index contributed by atoms with van der Waals surface area (Å²) in [5, 5.41) is 3.25. The number of hydrogen-bond donors (Lipinski definition) is 2. The number of nitrogens with one attached hydrogen (secondary N) is 2. The summed E-state index contributed by atoms with van der Waals surface area (Å²) in [6.07, 6.45) is 7.91. The van der Waals surface area contributed by atoms with Crippen LogP contribution in [0.15, 0.2) is 36.9 Å². The quantitative estimate of drug-likeness (QED) is 0.723. The van der Waals surface area contributed by atoms with Gasteiger partial charge in [0, 0.05) is 42.6 Å². The van der Waals surface area contributed by atoms with Crippen LogP contribution in [0.5, 0.6) is 0 Å². The molecule has 3 aromatic heterocycles. The standard InChI is InChI=1S/C20H25N7/c1-14-8-15(2)25-20(24-14)26-19-9-16(5-6-22-19)17-4-3-7-27(11-17)12-18-10-21-13-23-18/h5-6,8-10,13,17H,3-4,7,11-12H2,1-2H3,(H,21,23)(H,22,24,25,26). The Hall–Kier alpha value is -2.80. The zero-order chi connectivity index (χ0) is 18.6. The number of nitrogens with zero attached hydrogens (tertiary/aromatic N) is 5. The molecule has 4 rings (SSSR count). The van der Waals surface area contributed by atoms with Crippen LogP contribution in [0.4, 0.5) is 11.8 Å². The Balaban J connectivity index is 1.46. The smallest absolute Gasteiger partial charge is 0.228 e. The highest BCUT2D eigenvalue weighted by Crippen LogP contribution is 2.28. The highest BCUT2D eigenvalue weighted by molar-refractivity contribution is 5.49. The molecular weight excluding hydrogens is 338 g/mol. The third-order valence-electron chi connectivity index (χ3n) is 4.93. The summed E-state index contributed by atoms with van der Waals surface area (Å²) in [4.78, 5) is 23.1. The summed E-state index contributed by atoms with van der Waals surface area (Å²) in [6.45, 7) is 7.04. The fraction of sp³-hybridized carbons (Fsp3) is 0.400. The molecule has 1 aliphatic heterocycles. The number of H-pyrrole nitrogens is 1. The van der Waals surface area contributed by atoms with Gasteiger partial charge in [-0.3, -0.25) is 4.90 Å². The molecule has 0 amide bonds. The summed E-state index contributed by atoms with van der Waals surface area (Å²) in [5.41, 5.74) is 4.37. The molecular formula is C20H25N7. The van der Waals surface area contributed by atoms with Crippen molar-refractivity contribution in [1.29, 1.82) is 0 Å². The predicted molar refractivity (Wildman–Crippen MR) is 105 cm³/mol. The lowest BCUT2D eigenvalue weighted by atomic mass is 9.91. The van der Waals surface area contributed by atoms with Crippen LogP contribution in [0.25, 0.3) is 0 Å². The van der Waals surface area contributed by atoms with Crippen LogP contribution in [-0.2, 0) is 6.54 Å². The molecule has 0 saturated carbocycles. The van der Waals surface area contributed by atoms with Gasteiger partial charge in [-0.1, -0.05) is 0 Å². The van der Waals surface area contributed by atoms with E-state index in [9.17, 15) is 0 Å². The van der Waals surface area contributed by atoms with Gasteiger partial charge in [-0.2, -0.15) is 0 Å². The second kappa shape index (κ2) is 7.84. The van der Waals surface area contributed by atoms with Crippen molar-refractivity contribution in [3.05, 3.63) is 59.6 Å². The number of hydrogen-bond acceptors (Lipinski definition) is 6. The van der Waals surface area contributed by atoms with E-state index in [1.54, 1.807) is 6.33 Å². The second-order valence-electron chi connectivity index (χ2n) is 7.22. The highest BCUT2D eigenvalue weighted by atomic mass is 15.1. The van der Waals surface area contributed by atoms with Crippen molar-refractivity contribution in [1.82, 2.24) is 29.8 Å². The minimum Gasteiger partial charge on any atom is -0.347 e. The van der Waals surface area contributed by atoms with E-state index in [2.05, 4.69) is 47.3 Å². The maximum atomic E-state index is 4.45. The van der Waals surface area contributed by atoms with Crippen LogP contribution in [0.1, 0.15) is 41.4 Å². The Labute approximate surface area is 159 Å². The Morgan fingerprint density at radius 3 is 2.85 bits per heavy atom. The SMILES string of the molecule is Cc1cc(C)nc(Nc2cc(C3CCCN(Cc4cnc[nH]4)C3)ccn2)n1. The summed E-state index contributed by atoms with van der Waals surface area (Å²) in [7, 11) is 0. The molecule has 0 radical (unpaired) electrons. The minimum atomic E-state index is 0.505. The molecule has 140 valence electrons. The molecule has 1 saturated heterocycles. The van der Waals surface area contributed by atoms with Gasteiger partial charge in [-0.05, 0) is 62.9 Å². The molecule has 1 fully saturated rings. The molecule has 7 nitrogen and oxygen atoms in total. The minimum absolute atomic E-state index is 0.505. The van der Waals surface area contributed by atoms with E-state index in [1.807, 2.05) is 32.3 Å². The van der Waals surface area contributed by atoms with Gasteiger partial charge in [-0.25, -0.2) is 19.9 Å². The predicted octanol–water partition coefficient (Wildman–Crippen LogP) is 3.33. The summed E-state index contributed by atoms with van der Waals surface area (Å²) in [5.74, 6) is 1.90. The van der Waals surface area contributed by atoms with Gasteiger partial charge in [0.1, 0.15) is 5.82 Å². The summed E-state index contributed by atoms with van der Waals surface area (Å²) < 4.78 is 0. The van der Waals surface area contributed by atoms with Gasteiger partial charge in [-0.15, -0.1) is 0 Å². The van der Waals surface area contributed by atoms with Gasteiger partial charge in [0.25, 0.3) is 0 Å². The van der Waals surface area contributed by atoms with Crippen LogP contribution in [0.3, 0.4) is 0 Å². The van der Waals surface area contributed by atoms with Crippen LogP contribution in [0.2, 0.25) is 0 Å². The van der Waals surface area contributed by atoms with E-state index in [4.69, 9.17) is 0 Å². The normalized spacial score (nSPS) is 17.8. The number of aromatic amines is 1. The molecule has 1 unspecified atom stereocenters. The number of anilines is 2. The maximum Gasteiger partial charge on any atom is 0.228 e. The topological polar surface area (TPSA) is 82.6 Å². The first-order chi connectivity index (χ1) is 13.2. The lowest BCUT2D eigenvalue weighted by molar-refractivity contribution is 0.198. The Kier molecular flexibility index (Phi) is 5.11. The Morgan fingerprint density at radius 1 is 1.22 bits per heavy atom. The number of rotatable bonds is 5. The number of aryl methyl sites for hydroxylation is 2. The first-order valence-corrected chi connectivity index (χ1v) is 9.40. The molecule has 2 N–H and O–H groups in total. The average molecular weight is 363 g/mol. The van der Waals surface area contributed by atoms with Crippen molar-refractivity contribution in [2.24, 2.45) is 0 Å². The highest BCUT2D eigenvalue weighted by Gasteiger charge is 2.22. The Morgan fingerprint density at radius 2 is 2.07 bits per heavy atom. The maximum absolute atomic E-state index is 4.45. The van der Waals surface area contributed by atoms with Crippen molar-refractivity contribution >= 4 is 11.8 Å². The molecule has 4 heterocycles. The number of piperidine rings is 1. The molecule has 0 spiro atoms. The van der Waals surface area contributed by atoms with E-state index in [0.717, 1.165) is 36.8 Å². The zero-order valence-electron chi connectivity index (χ0n) is 15.8. The summed E-state index contributed by atoms with van der Waals surface area (Å²) in [6, 6.07) is 6.22. The Bertz CT molecular complexity index is 871. The van der Waals surface area contributed by atoms with E-state index in [1.165, 1.54) is 24.1 Å².